The lowest BCUT2D eigenvalue weighted by Crippen LogP contribution is -2.38. The van der Waals surface area contributed by atoms with E-state index in [9.17, 15) is 19.5 Å². The van der Waals surface area contributed by atoms with Gasteiger partial charge in [0.2, 0.25) is 5.91 Å². The summed E-state index contributed by atoms with van der Waals surface area (Å²) in [5, 5.41) is 14.7. The van der Waals surface area contributed by atoms with Gasteiger partial charge in [-0.1, -0.05) is 30.3 Å². The van der Waals surface area contributed by atoms with Crippen molar-refractivity contribution in [1.82, 2.24) is 15.5 Å². The molecule has 26 heavy (non-hydrogen) atoms. The molecule has 0 saturated carbocycles. The summed E-state index contributed by atoms with van der Waals surface area (Å²) in [4.78, 5) is 37.6. The second-order valence-electron chi connectivity index (χ2n) is 5.92. The third kappa shape index (κ3) is 3.92. The number of imide groups is 1. The number of aliphatic hydroxyl groups is 1. The Morgan fingerprint density at radius 3 is 2.65 bits per heavy atom. The van der Waals surface area contributed by atoms with Gasteiger partial charge in [-0.15, -0.1) is 0 Å². The van der Waals surface area contributed by atoms with E-state index in [0.29, 0.717) is 5.76 Å². The molecule has 1 aliphatic heterocycles. The molecule has 3 N–H and O–H groups in total. The molecule has 0 radical (unpaired) electrons. The molecule has 2 atom stereocenters. The number of benzene rings is 1. The summed E-state index contributed by atoms with van der Waals surface area (Å²) >= 11 is 0. The van der Waals surface area contributed by atoms with Gasteiger partial charge in [0.05, 0.1) is 31.9 Å². The molecule has 1 aliphatic rings. The van der Waals surface area contributed by atoms with Crippen LogP contribution in [0.5, 0.6) is 0 Å². The van der Waals surface area contributed by atoms with E-state index in [1.165, 1.54) is 6.26 Å². The molecule has 0 spiro atoms. The fourth-order valence-corrected chi connectivity index (χ4v) is 2.78. The minimum Gasteiger partial charge on any atom is -0.467 e. The maximum Gasteiger partial charge on any atom is 0.325 e. The van der Waals surface area contributed by atoms with Crippen LogP contribution in [0.25, 0.3) is 0 Å². The van der Waals surface area contributed by atoms with E-state index in [2.05, 4.69) is 10.6 Å². The topological polar surface area (TPSA) is 112 Å². The summed E-state index contributed by atoms with van der Waals surface area (Å²) in [7, 11) is 0. The average Bonchev–Trinajstić information content (AvgIpc) is 3.25. The maximum absolute atomic E-state index is 12.4. The smallest absolute Gasteiger partial charge is 0.325 e. The zero-order valence-corrected chi connectivity index (χ0v) is 13.9. The number of urea groups is 1. The van der Waals surface area contributed by atoms with Gasteiger partial charge < -0.3 is 20.2 Å². The molecular formula is C18H19N3O5. The number of carbonyl (C=O) groups is 3. The van der Waals surface area contributed by atoms with Gasteiger partial charge in [0.1, 0.15) is 11.8 Å². The average molecular weight is 357 g/mol. The molecule has 1 saturated heterocycles. The predicted molar refractivity (Wildman–Crippen MR) is 90.6 cm³/mol. The van der Waals surface area contributed by atoms with Gasteiger partial charge in [0.15, 0.2) is 0 Å². The van der Waals surface area contributed by atoms with Gasteiger partial charge in [0.25, 0.3) is 5.91 Å². The number of carbonyl (C=O) groups excluding carboxylic acids is 3. The van der Waals surface area contributed by atoms with E-state index in [1.807, 2.05) is 6.07 Å². The van der Waals surface area contributed by atoms with Gasteiger partial charge >= 0.3 is 6.03 Å². The quantitative estimate of drug-likeness (QED) is 0.639. The minimum absolute atomic E-state index is 0.0130. The standard InChI is InChI=1S/C18H19N3O5/c22-11-15(12-5-2-1-3-6-12)19-16(23)9-14-17(24)21(18(25)20-14)10-13-7-4-8-26-13/h1-8,14-15,22H,9-11H2,(H,19,23)(H,20,25)/t14-,15-/m1/s1. The fourth-order valence-electron chi connectivity index (χ4n) is 2.78. The molecule has 2 aromatic rings. The molecule has 136 valence electrons. The molecule has 8 heteroatoms. The molecule has 0 aliphatic carbocycles. The number of aliphatic hydroxyl groups excluding tert-OH is 1. The number of amides is 4. The largest absolute Gasteiger partial charge is 0.467 e. The Morgan fingerprint density at radius 1 is 1.23 bits per heavy atom. The second kappa shape index (κ2) is 7.83. The number of furan rings is 1. The van der Waals surface area contributed by atoms with Crippen LogP contribution >= 0.6 is 0 Å². The summed E-state index contributed by atoms with van der Waals surface area (Å²) < 4.78 is 5.14. The molecule has 4 amide bonds. The SMILES string of the molecule is O=C(C[C@H]1NC(=O)N(Cc2ccco2)C1=O)N[C@H](CO)c1ccccc1. The first kappa shape index (κ1) is 17.7. The summed E-state index contributed by atoms with van der Waals surface area (Å²) in [6.07, 6.45) is 1.25. The Bertz CT molecular complexity index is 775. The van der Waals surface area contributed by atoms with Crippen molar-refractivity contribution >= 4 is 17.8 Å². The van der Waals surface area contributed by atoms with Crippen molar-refractivity contribution in [3.8, 4) is 0 Å². The predicted octanol–water partition coefficient (Wildman–Crippen LogP) is 0.940. The van der Waals surface area contributed by atoms with Crippen LogP contribution in [-0.2, 0) is 16.1 Å². The number of nitrogens with zero attached hydrogens (tertiary/aromatic N) is 1. The minimum atomic E-state index is -0.937. The van der Waals surface area contributed by atoms with Crippen LogP contribution in [0.15, 0.2) is 53.1 Å². The van der Waals surface area contributed by atoms with Crippen molar-refractivity contribution in [3.63, 3.8) is 0 Å². The highest BCUT2D eigenvalue weighted by molar-refractivity contribution is 6.05. The van der Waals surface area contributed by atoms with E-state index in [1.54, 1.807) is 36.4 Å². The summed E-state index contributed by atoms with van der Waals surface area (Å²) in [6.45, 7) is -0.260. The highest BCUT2D eigenvalue weighted by atomic mass is 16.3. The Balaban J connectivity index is 1.59. The Hall–Kier alpha value is -3.13. The fraction of sp³-hybridized carbons (Fsp3) is 0.278. The normalized spacial score (nSPS) is 17.9. The van der Waals surface area contributed by atoms with Crippen molar-refractivity contribution in [2.24, 2.45) is 0 Å². The van der Waals surface area contributed by atoms with Crippen molar-refractivity contribution in [2.75, 3.05) is 6.61 Å². The molecule has 3 rings (SSSR count). The lowest BCUT2D eigenvalue weighted by Gasteiger charge is -2.17. The molecule has 2 heterocycles. The molecule has 0 unspecified atom stereocenters. The number of hydrogen-bond donors (Lipinski definition) is 3. The summed E-state index contributed by atoms with van der Waals surface area (Å²) in [5.41, 5.74) is 0.754. The highest BCUT2D eigenvalue weighted by Crippen LogP contribution is 2.16. The molecule has 1 aromatic carbocycles. The summed E-state index contributed by atoms with van der Waals surface area (Å²) in [5.74, 6) is -0.448. The first-order chi connectivity index (χ1) is 12.6. The van der Waals surface area contributed by atoms with E-state index in [-0.39, 0.29) is 19.6 Å². The number of nitrogens with one attached hydrogen (secondary N) is 2. The molecular weight excluding hydrogens is 338 g/mol. The molecule has 1 fully saturated rings. The third-order valence-corrected chi connectivity index (χ3v) is 4.11. The second-order valence-corrected chi connectivity index (χ2v) is 5.92. The third-order valence-electron chi connectivity index (χ3n) is 4.11. The van der Waals surface area contributed by atoms with Gasteiger partial charge in [-0.25, -0.2) is 4.79 Å². The first-order valence-electron chi connectivity index (χ1n) is 8.18. The van der Waals surface area contributed by atoms with Crippen LogP contribution in [0, 0.1) is 0 Å². The van der Waals surface area contributed by atoms with Crippen LogP contribution in [-0.4, -0.2) is 40.5 Å². The molecule has 1 aromatic heterocycles. The van der Waals surface area contributed by atoms with E-state index in [4.69, 9.17) is 4.42 Å². The zero-order chi connectivity index (χ0) is 18.5. The van der Waals surface area contributed by atoms with Gasteiger partial charge in [-0.05, 0) is 17.7 Å². The number of rotatable bonds is 7. The van der Waals surface area contributed by atoms with E-state index in [0.717, 1.165) is 10.5 Å². The van der Waals surface area contributed by atoms with Crippen LogP contribution in [0.1, 0.15) is 23.8 Å². The number of hydrogen-bond acceptors (Lipinski definition) is 5. The van der Waals surface area contributed by atoms with Gasteiger partial charge in [-0.2, -0.15) is 0 Å². The lowest BCUT2D eigenvalue weighted by molar-refractivity contribution is -0.131. The van der Waals surface area contributed by atoms with Crippen molar-refractivity contribution < 1.29 is 23.9 Å². The van der Waals surface area contributed by atoms with Crippen LogP contribution < -0.4 is 10.6 Å². The van der Waals surface area contributed by atoms with Crippen molar-refractivity contribution in [3.05, 3.63) is 60.1 Å². The van der Waals surface area contributed by atoms with Gasteiger partial charge in [0, 0.05) is 0 Å². The van der Waals surface area contributed by atoms with Crippen LogP contribution in [0.2, 0.25) is 0 Å². The van der Waals surface area contributed by atoms with Gasteiger partial charge in [-0.3, -0.25) is 14.5 Å². The monoisotopic (exact) mass is 357 g/mol. The van der Waals surface area contributed by atoms with Crippen molar-refractivity contribution in [2.45, 2.75) is 25.0 Å². The maximum atomic E-state index is 12.4. The van der Waals surface area contributed by atoms with E-state index >= 15 is 0 Å². The molecule has 8 nitrogen and oxygen atoms in total. The zero-order valence-electron chi connectivity index (χ0n) is 13.9. The lowest BCUT2D eigenvalue weighted by atomic mass is 10.1. The Kier molecular flexibility index (Phi) is 5.33. The molecule has 0 bridgehead atoms. The summed E-state index contributed by atoms with van der Waals surface area (Å²) in [6, 6.07) is 10.3. The Morgan fingerprint density at radius 2 is 2.00 bits per heavy atom. The van der Waals surface area contributed by atoms with E-state index < -0.39 is 29.9 Å². The first-order valence-corrected chi connectivity index (χ1v) is 8.18. The highest BCUT2D eigenvalue weighted by Gasteiger charge is 2.39. The van der Waals surface area contributed by atoms with Crippen LogP contribution in [0.3, 0.4) is 0 Å². The van der Waals surface area contributed by atoms with Crippen LogP contribution in [0.4, 0.5) is 4.79 Å². The Labute approximate surface area is 149 Å². The van der Waals surface area contributed by atoms with Crippen molar-refractivity contribution in [1.29, 1.82) is 0 Å².